The fourth-order valence-corrected chi connectivity index (χ4v) is 3.16. The minimum atomic E-state index is -0.411. The van der Waals surface area contributed by atoms with E-state index < -0.39 is 5.97 Å². The summed E-state index contributed by atoms with van der Waals surface area (Å²) in [7, 11) is 0. The zero-order chi connectivity index (χ0) is 17.2. The van der Waals surface area contributed by atoms with Crippen molar-refractivity contribution < 1.29 is 9.53 Å². The number of aromatic nitrogens is 2. The van der Waals surface area contributed by atoms with E-state index in [2.05, 4.69) is 39.6 Å². The van der Waals surface area contributed by atoms with Gasteiger partial charge in [0, 0.05) is 12.4 Å². The van der Waals surface area contributed by atoms with Gasteiger partial charge in [-0.2, -0.15) is 0 Å². The highest BCUT2D eigenvalue weighted by atomic mass is 16.5. The van der Waals surface area contributed by atoms with E-state index in [0.29, 0.717) is 18.1 Å². The molecule has 0 atom stereocenters. The molecule has 4 rings (SSSR count). The van der Waals surface area contributed by atoms with Gasteiger partial charge in [0.25, 0.3) is 0 Å². The van der Waals surface area contributed by atoms with Crippen molar-refractivity contribution in [3.8, 4) is 11.1 Å². The van der Waals surface area contributed by atoms with Crippen molar-refractivity contribution in [3.05, 3.63) is 77.6 Å². The second-order valence-corrected chi connectivity index (χ2v) is 5.77. The van der Waals surface area contributed by atoms with Gasteiger partial charge < -0.3 is 10.1 Å². The molecule has 0 spiro atoms. The third-order valence-corrected chi connectivity index (χ3v) is 4.27. The average molecular weight is 331 g/mol. The van der Waals surface area contributed by atoms with E-state index in [1.54, 1.807) is 6.92 Å². The van der Waals surface area contributed by atoms with E-state index in [1.807, 2.05) is 24.3 Å². The van der Waals surface area contributed by atoms with Gasteiger partial charge in [-0.25, -0.2) is 14.8 Å². The Morgan fingerprint density at radius 1 is 1.00 bits per heavy atom. The molecule has 0 unspecified atom stereocenters. The number of anilines is 1. The molecule has 1 aliphatic rings. The van der Waals surface area contributed by atoms with Gasteiger partial charge in [-0.3, -0.25) is 0 Å². The van der Waals surface area contributed by atoms with Gasteiger partial charge in [0.2, 0.25) is 5.95 Å². The molecule has 124 valence electrons. The van der Waals surface area contributed by atoms with Crippen LogP contribution in [0.15, 0.2) is 60.9 Å². The third kappa shape index (κ3) is 2.74. The Labute approximate surface area is 145 Å². The average Bonchev–Trinajstić information content (AvgIpc) is 2.97. The molecule has 0 saturated heterocycles. The van der Waals surface area contributed by atoms with Crippen molar-refractivity contribution in [2.24, 2.45) is 0 Å². The lowest BCUT2D eigenvalue weighted by molar-refractivity contribution is 0.0525. The molecule has 1 heterocycles. The Morgan fingerprint density at radius 3 is 2.12 bits per heavy atom. The molecule has 25 heavy (non-hydrogen) atoms. The first-order chi connectivity index (χ1) is 12.3. The van der Waals surface area contributed by atoms with Crippen molar-refractivity contribution in [3.63, 3.8) is 0 Å². The number of nitrogens with zero attached hydrogens (tertiary/aromatic N) is 2. The zero-order valence-electron chi connectivity index (χ0n) is 13.8. The SMILES string of the molecule is CCOC(=O)c1cnc(NC2c3ccccc3-c3ccccc32)nc1. The summed E-state index contributed by atoms with van der Waals surface area (Å²) in [6.45, 7) is 2.10. The van der Waals surface area contributed by atoms with E-state index in [1.165, 1.54) is 34.6 Å². The van der Waals surface area contributed by atoms with Crippen LogP contribution in [0.1, 0.15) is 34.5 Å². The van der Waals surface area contributed by atoms with Crippen LogP contribution < -0.4 is 5.32 Å². The van der Waals surface area contributed by atoms with Crippen molar-refractivity contribution in [2.75, 3.05) is 11.9 Å². The van der Waals surface area contributed by atoms with Crippen LogP contribution in [0.4, 0.5) is 5.95 Å². The van der Waals surface area contributed by atoms with Gasteiger partial charge in [0.15, 0.2) is 0 Å². The smallest absolute Gasteiger partial charge is 0.341 e. The Kier molecular flexibility index (Phi) is 3.90. The molecule has 0 amide bonds. The minimum Gasteiger partial charge on any atom is -0.462 e. The van der Waals surface area contributed by atoms with Crippen LogP contribution in [0.3, 0.4) is 0 Å². The standard InChI is InChI=1S/C20H17N3O2/c1-2-25-19(24)13-11-21-20(22-12-13)23-18-16-9-5-3-7-14(16)15-8-4-6-10-17(15)18/h3-12,18H,2H2,1H3,(H,21,22,23). The van der Waals surface area contributed by atoms with Gasteiger partial charge in [-0.05, 0) is 29.2 Å². The summed E-state index contributed by atoms with van der Waals surface area (Å²) in [5.74, 6) is 0.0650. The maximum Gasteiger partial charge on any atom is 0.341 e. The predicted octanol–water partition coefficient (Wildman–Crippen LogP) is 3.84. The van der Waals surface area contributed by atoms with E-state index in [-0.39, 0.29) is 6.04 Å². The number of carbonyl (C=O) groups excluding carboxylic acids is 1. The monoisotopic (exact) mass is 331 g/mol. The second kappa shape index (κ2) is 6.36. The van der Waals surface area contributed by atoms with Crippen molar-refractivity contribution in [2.45, 2.75) is 13.0 Å². The third-order valence-electron chi connectivity index (χ3n) is 4.27. The number of carbonyl (C=O) groups is 1. The summed E-state index contributed by atoms with van der Waals surface area (Å²) in [5, 5.41) is 3.38. The van der Waals surface area contributed by atoms with Gasteiger partial charge in [0.1, 0.15) is 0 Å². The molecule has 3 aromatic rings. The quantitative estimate of drug-likeness (QED) is 0.736. The molecule has 5 heteroatoms. The van der Waals surface area contributed by atoms with Crippen LogP contribution in [0.2, 0.25) is 0 Å². The number of rotatable bonds is 4. The van der Waals surface area contributed by atoms with Crippen LogP contribution in [0.25, 0.3) is 11.1 Å². The number of nitrogens with one attached hydrogen (secondary N) is 1. The summed E-state index contributed by atoms with van der Waals surface area (Å²) in [6.07, 6.45) is 2.97. The van der Waals surface area contributed by atoms with E-state index in [4.69, 9.17) is 4.74 Å². The summed E-state index contributed by atoms with van der Waals surface area (Å²) >= 11 is 0. The summed E-state index contributed by atoms with van der Waals surface area (Å²) in [4.78, 5) is 20.2. The summed E-state index contributed by atoms with van der Waals surface area (Å²) in [6, 6.07) is 16.6. The van der Waals surface area contributed by atoms with Gasteiger partial charge in [0.05, 0.1) is 18.2 Å². The fraction of sp³-hybridized carbons (Fsp3) is 0.150. The largest absolute Gasteiger partial charge is 0.462 e. The maximum atomic E-state index is 11.7. The van der Waals surface area contributed by atoms with Crippen LogP contribution in [0.5, 0.6) is 0 Å². The number of fused-ring (bicyclic) bond motifs is 3. The van der Waals surface area contributed by atoms with Crippen LogP contribution in [-0.2, 0) is 4.74 Å². The van der Waals surface area contributed by atoms with Crippen molar-refractivity contribution in [1.29, 1.82) is 0 Å². The lowest BCUT2D eigenvalue weighted by Gasteiger charge is -2.15. The molecule has 1 aromatic heterocycles. The van der Waals surface area contributed by atoms with E-state index >= 15 is 0 Å². The molecule has 1 aliphatic carbocycles. The number of hydrogen-bond donors (Lipinski definition) is 1. The molecular weight excluding hydrogens is 314 g/mol. The highest BCUT2D eigenvalue weighted by Crippen LogP contribution is 2.44. The number of esters is 1. The molecule has 2 aromatic carbocycles. The molecule has 1 N–H and O–H groups in total. The Balaban J connectivity index is 1.64. The van der Waals surface area contributed by atoms with Crippen LogP contribution in [-0.4, -0.2) is 22.5 Å². The van der Waals surface area contributed by atoms with E-state index in [9.17, 15) is 4.79 Å². The fourth-order valence-electron chi connectivity index (χ4n) is 3.16. The Hall–Kier alpha value is -3.21. The van der Waals surface area contributed by atoms with Crippen molar-refractivity contribution >= 4 is 11.9 Å². The molecule has 0 aliphatic heterocycles. The maximum absolute atomic E-state index is 11.7. The Bertz CT molecular complexity index is 877. The number of benzene rings is 2. The molecular formula is C20H17N3O2. The molecule has 0 bridgehead atoms. The summed E-state index contributed by atoms with van der Waals surface area (Å²) < 4.78 is 4.95. The van der Waals surface area contributed by atoms with Gasteiger partial charge in [-0.1, -0.05) is 48.5 Å². The predicted molar refractivity (Wildman–Crippen MR) is 95.3 cm³/mol. The number of hydrogen-bond acceptors (Lipinski definition) is 5. The van der Waals surface area contributed by atoms with Gasteiger partial charge in [-0.15, -0.1) is 0 Å². The summed E-state index contributed by atoms with van der Waals surface area (Å²) in [5.41, 5.74) is 5.18. The molecule has 5 nitrogen and oxygen atoms in total. The minimum absolute atomic E-state index is 0.0131. The first kappa shape index (κ1) is 15.3. The van der Waals surface area contributed by atoms with E-state index in [0.717, 1.165) is 0 Å². The van der Waals surface area contributed by atoms with Crippen molar-refractivity contribution in [1.82, 2.24) is 9.97 Å². The highest BCUT2D eigenvalue weighted by molar-refractivity contribution is 5.88. The topological polar surface area (TPSA) is 64.1 Å². The van der Waals surface area contributed by atoms with Crippen LogP contribution >= 0.6 is 0 Å². The molecule has 0 saturated carbocycles. The normalized spacial score (nSPS) is 12.4. The first-order valence-corrected chi connectivity index (χ1v) is 8.22. The zero-order valence-corrected chi connectivity index (χ0v) is 13.8. The number of ether oxygens (including phenoxy) is 1. The second-order valence-electron chi connectivity index (χ2n) is 5.77. The molecule has 0 fully saturated rings. The lowest BCUT2D eigenvalue weighted by atomic mass is 10.1. The Morgan fingerprint density at radius 2 is 1.56 bits per heavy atom. The lowest BCUT2D eigenvalue weighted by Crippen LogP contribution is -2.13. The van der Waals surface area contributed by atoms with Crippen LogP contribution in [0, 0.1) is 0 Å². The van der Waals surface area contributed by atoms with Gasteiger partial charge >= 0.3 is 5.97 Å². The highest BCUT2D eigenvalue weighted by Gasteiger charge is 2.28. The molecule has 0 radical (unpaired) electrons. The first-order valence-electron chi connectivity index (χ1n) is 8.22.